The number of pyridine rings is 2. The van der Waals surface area contributed by atoms with E-state index in [4.69, 9.17) is 16.6 Å². The first-order valence-electron chi connectivity index (χ1n) is 8.02. The Morgan fingerprint density at radius 3 is 2.67 bits per heavy atom. The maximum Gasteiger partial charge on any atom is 0.178 e. The molecular weight excluding hydrogens is 398 g/mol. The van der Waals surface area contributed by atoms with E-state index in [9.17, 15) is 0 Å². The molecule has 8 heteroatoms. The molecule has 0 aliphatic rings. The third-order valence-corrected chi connectivity index (χ3v) is 6.33. The average Bonchev–Trinajstić information content (AvgIpc) is 3.35. The normalized spacial score (nSPS) is 11.1. The van der Waals surface area contributed by atoms with Gasteiger partial charge in [-0.05, 0) is 35.7 Å². The van der Waals surface area contributed by atoms with Crippen molar-refractivity contribution in [3.05, 3.63) is 65.7 Å². The highest BCUT2D eigenvalue weighted by atomic mass is 35.5. The van der Waals surface area contributed by atoms with Crippen LogP contribution in [0.5, 0.6) is 0 Å². The highest BCUT2D eigenvalue weighted by Gasteiger charge is 2.18. The summed E-state index contributed by atoms with van der Waals surface area (Å²) in [4.78, 5) is 23.0. The van der Waals surface area contributed by atoms with Gasteiger partial charge in [-0.2, -0.15) is 0 Å². The first-order chi connectivity index (χ1) is 13.3. The van der Waals surface area contributed by atoms with Crippen LogP contribution in [-0.2, 0) is 0 Å². The summed E-state index contributed by atoms with van der Waals surface area (Å²) in [6.07, 6.45) is 6.94. The minimum absolute atomic E-state index is 0.433. The van der Waals surface area contributed by atoms with Crippen molar-refractivity contribution in [2.45, 2.75) is 0 Å². The van der Waals surface area contributed by atoms with E-state index in [1.165, 1.54) is 11.3 Å². The zero-order valence-corrected chi connectivity index (χ0v) is 16.1. The predicted octanol–water partition coefficient (Wildman–Crippen LogP) is 5.59. The fraction of sp³-hybridized carbons (Fsp3) is 0. The summed E-state index contributed by atoms with van der Waals surface area (Å²) in [6, 6.07) is 9.71. The number of aromatic nitrogens is 5. The van der Waals surface area contributed by atoms with Crippen molar-refractivity contribution in [3.8, 4) is 32.7 Å². The van der Waals surface area contributed by atoms with Gasteiger partial charge in [0.05, 0.1) is 10.6 Å². The number of thiazole rings is 1. The van der Waals surface area contributed by atoms with E-state index < -0.39 is 0 Å². The first kappa shape index (κ1) is 16.4. The second-order valence-corrected chi connectivity index (χ2v) is 7.95. The highest BCUT2D eigenvalue weighted by molar-refractivity contribution is 7.19. The smallest absolute Gasteiger partial charge is 0.178 e. The van der Waals surface area contributed by atoms with Crippen molar-refractivity contribution in [1.29, 1.82) is 0 Å². The number of nitrogens with zero attached hydrogens (tertiary/aromatic N) is 5. The van der Waals surface area contributed by atoms with E-state index in [1.807, 2.05) is 29.6 Å². The van der Waals surface area contributed by atoms with Gasteiger partial charge in [0.2, 0.25) is 0 Å². The molecule has 0 radical (unpaired) electrons. The van der Waals surface area contributed by atoms with Gasteiger partial charge >= 0.3 is 0 Å². The Labute approximate surface area is 167 Å². The van der Waals surface area contributed by atoms with Crippen LogP contribution in [0.15, 0.2) is 60.5 Å². The second-order valence-electron chi connectivity index (χ2n) is 5.64. The largest absolute Gasteiger partial charge is 0.264 e. The lowest BCUT2D eigenvalue weighted by Crippen LogP contribution is -1.93. The third-order valence-electron chi connectivity index (χ3n) is 3.95. The van der Waals surface area contributed by atoms with Gasteiger partial charge in [0.15, 0.2) is 5.82 Å². The summed E-state index contributed by atoms with van der Waals surface area (Å²) >= 11 is 9.61. The monoisotopic (exact) mass is 407 g/mol. The fourth-order valence-electron chi connectivity index (χ4n) is 2.75. The Kier molecular flexibility index (Phi) is 4.12. The molecule has 0 atom stereocenters. The molecule has 0 aromatic carbocycles. The van der Waals surface area contributed by atoms with Crippen LogP contribution in [-0.4, -0.2) is 24.9 Å². The topological polar surface area (TPSA) is 64.5 Å². The Morgan fingerprint density at radius 1 is 0.963 bits per heavy atom. The van der Waals surface area contributed by atoms with Crippen LogP contribution in [0.1, 0.15) is 0 Å². The van der Waals surface area contributed by atoms with Gasteiger partial charge in [-0.3, -0.25) is 4.98 Å². The summed E-state index contributed by atoms with van der Waals surface area (Å²) in [5.74, 6) is 0.593. The first-order valence-corrected chi connectivity index (χ1v) is 10.1. The van der Waals surface area contributed by atoms with Gasteiger partial charge in [0.25, 0.3) is 0 Å². The van der Waals surface area contributed by atoms with Crippen LogP contribution in [0.25, 0.3) is 42.7 Å². The van der Waals surface area contributed by atoms with E-state index in [-0.39, 0.29) is 0 Å². The average molecular weight is 408 g/mol. The number of fused-ring (bicyclic) bond motifs is 1. The number of halogens is 1. The number of hydrogen-bond acceptors (Lipinski definition) is 7. The molecule has 0 bridgehead atoms. The lowest BCUT2D eigenvalue weighted by atomic mass is 10.2. The molecule has 5 aromatic rings. The van der Waals surface area contributed by atoms with Gasteiger partial charge in [-0.25, -0.2) is 19.9 Å². The number of thiophene rings is 1. The molecule has 0 amide bonds. The Balaban J connectivity index is 1.69. The van der Waals surface area contributed by atoms with E-state index >= 15 is 0 Å². The third kappa shape index (κ3) is 2.99. The molecule has 5 nitrogen and oxygen atoms in total. The molecule has 5 rings (SSSR count). The summed E-state index contributed by atoms with van der Waals surface area (Å²) in [6.45, 7) is 0. The molecule has 0 saturated carbocycles. The molecule has 0 N–H and O–H groups in total. The van der Waals surface area contributed by atoms with E-state index in [0.717, 1.165) is 36.9 Å². The summed E-state index contributed by atoms with van der Waals surface area (Å²) < 4.78 is 1.11. The summed E-state index contributed by atoms with van der Waals surface area (Å²) in [5.41, 5.74) is 2.45. The van der Waals surface area contributed by atoms with Gasteiger partial charge in [-0.1, -0.05) is 11.6 Å². The van der Waals surface area contributed by atoms with Crippen LogP contribution < -0.4 is 0 Å². The molecule has 0 unspecified atom stereocenters. The zero-order valence-electron chi connectivity index (χ0n) is 13.7. The molecule has 5 heterocycles. The predicted molar refractivity (Wildman–Crippen MR) is 110 cm³/mol. The van der Waals surface area contributed by atoms with Crippen LogP contribution in [0, 0.1) is 0 Å². The lowest BCUT2D eigenvalue weighted by Gasteiger charge is -2.04. The number of rotatable bonds is 3. The van der Waals surface area contributed by atoms with E-state index in [0.29, 0.717) is 11.0 Å². The number of hydrogen-bond donors (Lipinski definition) is 0. The van der Waals surface area contributed by atoms with Crippen molar-refractivity contribution < 1.29 is 0 Å². The lowest BCUT2D eigenvalue weighted by molar-refractivity contribution is 1.15. The summed E-state index contributed by atoms with van der Waals surface area (Å²) in [5, 5.41) is 4.32. The molecule has 5 aromatic heterocycles. The van der Waals surface area contributed by atoms with E-state index in [1.54, 1.807) is 42.2 Å². The highest BCUT2D eigenvalue weighted by Crippen LogP contribution is 2.40. The van der Waals surface area contributed by atoms with Crippen molar-refractivity contribution >= 4 is 44.4 Å². The van der Waals surface area contributed by atoms with E-state index in [2.05, 4.69) is 19.9 Å². The second kappa shape index (κ2) is 6.77. The SMILES string of the molecule is Clc1nc(-c2cccnc2)sc1-c1cc2sccc2c(-c2ncccn2)n1. The van der Waals surface area contributed by atoms with Crippen LogP contribution in [0.2, 0.25) is 5.15 Å². The minimum atomic E-state index is 0.433. The fourth-order valence-corrected chi connectivity index (χ4v) is 4.82. The quantitative estimate of drug-likeness (QED) is 0.390. The molecule has 0 aliphatic carbocycles. The Morgan fingerprint density at radius 2 is 1.85 bits per heavy atom. The van der Waals surface area contributed by atoms with Crippen LogP contribution in [0.3, 0.4) is 0 Å². The Hall–Kier alpha value is -2.74. The molecular formula is C19H10ClN5S2. The summed E-state index contributed by atoms with van der Waals surface area (Å²) in [7, 11) is 0. The van der Waals surface area contributed by atoms with Crippen molar-refractivity contribution in [1.82, 2.24) is 24.9 Å². The zero-order chi connectivity index (χ0) is 18.2. The maximum atomic E-state index is 6.46. The standard InChI is InChI=1S/C19H10ClN5S2/c20-17-16(27-19(25-17)11-3-1-5-21-10-11)13-9-14-12(4-8-26-14)15(24-13)18-22-6-2-7-23-18/h1-10H. The molecule has 0 fully saturated rings. The van der Waals surface area contributed by atoms with Crippen LogP contribution >= 0.6 is 34.3 Å². The van der Waals surface area contributed by atoms with Crippen molar-refractivity contribution in [3.63, 3.8) is 0 Å². The van der Waals surface area contributed by atoms with Crippen molar-refractivity contribution in [2.24, 2.45) is 0 Å². The van der Waals surface area contributed by atoms with Gasteiger partial charge in [0.1, 0.15) is 15.9 Å². The van der Waals surface area contributed by atoms with Gasteiger partial charge in [-0.15, -0.1) is 22.7 Å². The molecule has 0 aliphatic heterocycles. The van der Waals surface area contributed by atoms with Crippen molar-refractivity contribution in [2.75, 3.05) is 0 Å². The molecule has 27 heavy (non-hydrogen) atoms. The van der Waals surface area contributed by atoms with Gasteiger partial charge in [0, 0.05) is 40.4 Å². The van der Waals surface area contributed by atoms with Crippen LogP contribution in [0.4, 0.5) is 0 Å². The Bertz CT molecular complexity index is 1240. The maximum absolute atomic E-state index is 6.46. The minimum Gasteiger partial charge on any atom is -0.264 e. The molecule has 0 spiro atoms. The molecule has 0 saturated heterocycles. The molecule has 130 valence electrons. The van der Waals surface area contributed by atoms with Gasteiger partial charge < -0.3 is 0 Å².